The fourth-order valence-electron chi connectivity index (χ4n) is 6.95. The van der Waals surface area contributed by atoms with E-state index in [1.807, 2.05) is 0 Å². The summed E-state index contributed by atoms with van der Waals surface area (Å²) in [4.78, 5) is 35.1. The van der Waals surface area contributed by atoms with Crippen molar-refractivity contribution in [2.24, 2.45) is 28.6 Å². The van der Waals surface area contributed by atoms with Gasteiger partial charge in [0, 0.05) is 18.3 Å². The average molecular weight is 389 g/mol. The molecule has 28 heavy (non-hydrogen) atoms. The topological polar surface area (TPSA) is 80.7 Å². The van der Waals surface area contributed by atoms with Crippen molar-refractivity contribution < 1.29 is 24.2 Å². The molecule has 4 aliphatic rings. The fraction of sp³-hybridized carbons (Fsp3) is 0.783. The normalized spacial score (nSPS) is 42.1. The van der Waals surface area contributed by atoms with E-state index in [0.29, 0.717) is 23.5 Å². The Morgan fingerprint density at radius 1 is 1.11 bits per heavy atom. The SMILES string of the molecule is C[C@]12CC[C@H](OC(=O)CCC(=O)O)CC1=CC[C@@H]1[C@H]2CC[C@]2(C)C(=O)CC[C@@H]12. The van der Waals surface area contributed by atoms with E-state index in [1.165, 1.54) is 5.57 Å². The maximum absolute atomic E-state index is 12.5. The summed E-state index contributed by atoms with van der Waals surface area (Å²) in [5, 5.41) is 8.73. The number of esters is 1. The van der Waals surface area contributed by atoms with Crippen LogP contribution in [-0.2, 0) is 19.1 Å². The van der Waals surface area contributed by atoms with Gasteiger partial charge in [-0.3, -0.25) is 14.4 Å². The molecule has 0 saturated heterocycles. The number of carbonyl (C=O) groups is 3. The minimum Gasteiger partial charge on any atom is -0.481 e. The number of carboxylic acid groups (broad SMARTS) is 1. The molecule has 3 fully saturated rings. The van der Waals surface area contributed by atoms with Crippen molar-refractivity contribution in [2.75, 3.05) is 0 Å². The molecular weight excluding hydrogens is 356 g/mol. The lowest BCUT2D eigenvalue weighted by Gasteiger charge is -2.56. The second-order valence-electron chi connectivity index (χ2n) is 9.93. The zero-order valence-corrected chi connectivity index (χ0v) is 17.0. The number of rotatable bonds is 4. The minimum atomic E-state index is -0.969. The highest BCUT2D eigenvalue weighted by Crippen LogP contribution is 2.64. The monoisotopic (exact) mass is 388 g/mol. The minimum absolute atomic E-state index is 0.0544. The molecule has 0 heterocycles. The summed E-state index contributed by atoms with van der Waals surface area (Å²) < 4.78 is 5.58. The Morgan fingerprint density at radius 3 is 2.57 bits per heavy atom. The zero-order chi connectivity index (χ0) is 20.1. The lowest BCUT2D eigenvalue weighted by Crippen LogP contribution is -2.50. The van der Waals surface area contributed by atoms with Crippen LogP contribution in [0.15, 0.2) is 11.6 Å². The predicted molar refractivity (Wildman–Crippen MR) is 103 cm³/mol. The molecule has 0 unspecified atom stereocenters. The van der Waals surface area contributed by atoms with Crippen LogP contribution in [0.4, 0.5) is 0 Å². The van der Waals surface area contributed by atoms with E-state index >= 15 is 0 Å². The van der Waals surface area contributed by atoms with Gasteiger partial charge in [0.1, 0.15) is 11.9 Å². The molecule has 0 spiro atoms. The fourth-order valence-corrected chi connectivity index (χ4v) is 6.95. The third-order valence-electron chi connectivity index (χ3n) is 8.61. The number of aliphatic carboxylic acids is 1. The lowest BCUT2D eigenvalue weighted by atomic mass is 9.48. The number of carbonyl (C=O) groups excluding carboxylic acids is 2. The highest BCUT2D eigenvalue weighted by atomic mass is 16.5. The van der Waals surface area contributed by atoms with Gasteiger partial charge < -0.3 is 9.84 Å². The smallest absolute Gasteiger partial charge is 0.306 e. The molecule has 5 heteroatoms. The van der Waals surface area contributed by atoms with Gasteiger partial charge in [-0.05, 0) is 61.7 Å². The zero-order valence-electron chi connectivity index (χ0n) is 17.0. The van der Waals surface area contributed by atoms with Gasteiger partial charge in [-0.2, -0.15) is 0 Å². The summed E-state index contributed by atoms with van der Waals surface area (Å²) in [7, 11) is 0. The van der Waals surface area contributed by atoms with Gasteiger partial charge in [0.05, 0.1) is 12.8 Å². The van der Waals surface area contributed by atoms with Crippen molar-refractivity contribution in [1.29, 1.82) is 0 Å². The Bertz CT molecular complexity index is 725. The third kappa shape index (κ3) is 3.11. The van der Waals surface area contributed by atoms with E-state index in [1.54, 1.807) is 0 Å². The van der Waals surface area contributed by atoms with E-state index in [9.17, 15) is 14.4 Å². The number of Topliss-reactive ketones (excluding diaryl/α,β-unsaturated/α-hetero) is 1. The van der Waals surface area contributed by atoms with Gasteiger partial charge in [0.25, 0.3) is 0 Å². The molecule has 0 aromatic heterocycles. The molecule has 0 aliphatic heterocycles. The van der Waals surface area contributed by atoms with E-state index in [0.717, 1.165) is 51.4 Å². The van der Waals surface area contributed by atoms with Gasteiger partial charge in [-0.25, -0.2) is 0 Å². The van der Waals surface area contributed by atoms with Crippen molar-refractivity contribution >= 4 is 17.7 Å². The molecule has 4 aliphatic carbocycles. The first-order valence-corrected chi connectivity index (χ1v) is 10.9. The van der Waals surface area contributed by atoms with E-state index in [4.69, 9.17) is 9.84 Å². The van der Waals surface area contributed by atoms with Crippen molar-refractivity contribution in [1.82, 2.24) is 0 Å². The number of hydrogen-bond donors (Lipinski definition) is 1. The summed E-state index contributed by atoms with van der Waals surface area (Å²) >= 11 is 0. The van der Waals surface area contributed by atoms with Crippen LogP contribution < -0.4 is 0 Å². The second-order valence-corrected chi connectivity index (χ2v) is 9.93. The highest BCUT2D eigenvalue weighted by molar-refractivity contribution is 5.87. The molecule has 5 nitrogen and oxygen atoms in total. The first kappa shape index (κ1) is 19.7. The average Bonchev–Trinajstić information content (AvgIpc) is 2.95. The van der Waals surface area contributed by atoms with Crippen LogP contribution in [0.25, 0.3) is 0 Å². The number of ether oxygens (including phenoxy) is 1. The molecule has 4 rings (SSSR count). The van der Waals surface area contributed by atoms with Crippen LogP contribution in [0.2, 0.25) is 0 Å². The Labute approximate surface area is 166 Å². The van der Waals surface area contributed by atoms with Gasteiger partial charge in [-0.15, -0.1) is 0 Å². The van der Waals surface area contributed by atoms with Crippen LogP contribution in [-0.4, -0.2) is 28.9 Å². The molecule has 3 saturated carbocycles. The van der Waals surface area contributed by atoms with Gasteiger partial charge >= 0.3 is 11.9 Å². The van der Waals surface area contributed by atoms with Crippen molar-refractivity contribution in [3.63, 3.8) is 0 Å². The van der Waals surface area contributed by atoms with Crippen LogP contribution in [0, 0.1) is 28.6 Å². The van der Waals surface area contributed by atoms with Crippen LogP contribution in [0.5, 0.6) is 0 Å². The van der Waals surface area contributed by atoms with Crippen LogP contribution in [0.3, 0.4) is 0 Å². The Hall–Kier alpha value is -1.65. The molecule has 154 valence electrons. The van der Waals surface area contributed by atoms with E-state index < -0.39 is 11.9 Å². The number of allylic oxidation sites excluding steroid dienone is 1. The quantitative estimate of drug-likeness (QED) is 0.574. The number of carboxylic acids is 1. The Balaban J connectivity index is 1.46. The van der Waals surface area contributed by atoms with Gasteiger partial charge in [0.2, 0.25) is 0 Å². The number of ketones is 1. The van der Waals surface area contributed by atoms with E-state index in [2.05, 4.69) is 19.9 Å². The lowest BCUT2D eigenvalue weighted by molar-refractivity contribution is -0.154. The van der Waals surface area contributed by atoms with Crippen molar-refractivity contribution in [3.8, 4) is 0 Å². The molecule has 0 amide bonds. The summed E-state index contributed by atoms with van der Waals surface area (Å²) in [6.07, 6.45) is 9.66. The molecule has 0 bridgehead atoms. The summed E-state index contributed by atoms with van der Waals surface area (Å²) in [6, 6.07) is 0. The first-order valence-electron chi connectivity index (χ1n) is 10.9. The number of fused-ring (bicyclic) bond motifs is 5. The maximum atomic E-state index is 12.5. The molecular formula is C23H32O5. The first-order chi connectivity index (χ1) is 13.2. The second kappa shape index (κ2) is 7.00. The number of hydrogen-bond acceptors (Lipinski definition) is 4. The van der Waals surface area contributed by atoms with Gasteiger partial charge in [0.15, 0.2) is 0 Å². The van der Waals surface area contributed by atoms with Crippen LogP contribution >= 0.6 is 0 Å². The summed E-state index contributed by atoms with van der Waals surface area (Å²) in [5.41, 5.74) is 1.48. The maximum Gasteiger partial charge on any atom is 0.306 e. The summed E-state index contributed by atoms with van der Waals surface area (Å²) in [5.74, 6) is 0.869. The molecule has 6 atom stereocenters. The molecule has 1 N–H and O–H groups in total. The highest BCUT2D eigenvalue weighted by Gasteiger charge is 2.58. The molecule has 0 radical (unpaired) electrons. The van der Waals surface area contributed by atoms with E-state index in [-0.39, 0.29) is 29.8 Å². The van der Waals surface area contributed by atoms with Crippen molar-refractivity contribution in [3.05, 3.63) is 11.6 Å². The molecule has 0 aromatic rings. The third-order valence-corrected chi connectivity index (χ3v) is 8.61. The Morgan fingerprint density at radius 2 is 1.82 bits per heavy atom. The van der Waals surface area contributed by atoms with Gasteiger partial charge in [-0.1, -0.05) is 25.5 Å². The summed E-state index contributed by atoms with van der Waals surface area (Å²) in [6.45, 7) is 4.59. The predicted octanol–water partition coefficient (Wildman–Crippen LogP) is 4.29. The molecule has 0 aromatic carbocycles. The van der Waals surface area contributed by atoms with Crippen LogP contribution in [0.1, 0.15) is 78.1 Å². The largest absolute Gasteiger partial charge is 0.481 e. The standard InChI is InChI=1S/C23H32O5/c1-22-11-9-15(28-21(27)8-7-20(25)26)13-14(22)3-4-16-17-5-6-19(24)23(17,2)12-10-18(16)22/h3,15-18H,4-13H2,1-2H3,(H,25,26)/t15-,16-,17-,18+,22-,23-/m0/s1. The van der Waals surface area contributed by atoms with Crippen molar-refractivity contribution in [2.45, 2.75) is 84.2 Å². The Kier molecular flexibility index (Phi) is 4.91.